The van der Waals surface area contributed by atoms with Gasteiger partial charge >= 0.3 is 5.97 Å². The third-order valence-corrected chi connectivity index (χ3v) is 3.10. The molecule has 22 heavy (non-hydrogen) atoms. The number of nitrogens with zero attached hydrogens (tertiary/aromatic N) is 2. The molecule has 0 unspecified atom stereocenters. The third kappa shape index (κ3) is 3.22. The summed E-state index contributed by atoms with van der Waals surface area (Å²) < 4.78 is 28.3. The number of esters is 1. The first-order valence-corrected chi connectivity index (χ1v) is 6.92. The monoisotopic (exact) mass is 366 g/mol. The third-order valence-electron chi connectivity index (χ3n) is 2.67. The van der Waals surface area contributed by atoms with Crippen LogP contribution in [-0.2, 0) is 11.3 Å². The summed E-state index contributed by atoms with van der Waals surface area (Å²) in [7, 11) is 0. The molecule has 0 amide bonds. The molecule has 0 saturated carbocycles. The molecule has 6 nitrogen and oxygen atoms in total. The Morgan fingerprint density at radius 2 is 2.00 bits per heavy atom. The van der Waals surface area contributed by atoms with Crippen molar-refractivity contribution in [1.29, 1.82) is 0 Å². The molecule has 0 saturated heterocycles. The van der Waals surface area contributed by atoms with Gasteiger partial charge in [-0.3, -0.25) is 0 Å². The highest BCUT2D eigenvalue weighted by atomic mass is 79.9. The summed E-state index contributed by atoms with van der Waals surface area (Å²) >= 11 is 3.09. The zero-order valence-electron chi connectivity index (χ0n) is 11.0. The predicted molar refractivity (Wildman–Crippen MR) is 75.2 cm³/mol. The fourth-order valence-corrected chi connectivity index (χ4v) is 1.96. The van der Waals surface area contributed by atoms with Crippen LogP contribution in [0.15, 0.2) is 50.0 Å². The normalized spacial score (nSPS) is 10.6. The Morgan fingerprint density at radius 1 is 1.23 bits per heavy atom. The number of rotatable bonds is 4. The van der Waals surface area contributed by atoms with Crippen molar-refractivity contribution in [2.75, 3.05) is 0 Å². The second-order valence-corrected chi connectivity index (χ2v) is 4.98. The van der Waals surface area contributed by atoms with Gasteiger partial charge < -0.3 is 13.7 Å². The second kappa shape index (κ2) is 6.10. The molecule has 1 aromatic carbocycles. The minimum Gasteiger partial charge on any atom is -0.450 e. The van der Waals surface area contributed by atoms with Gasteiger partial charge in [0.15, 0.2) is 11.3 Å². The van der Waals surface area contributed by atoms with E-state index < -0.39 is 5.97 Å². The average Bonchev–Trinajstić information content (AvgIpc) is 3.15. The number of aromatic nitrogens is 2. The molecule has 0 fully saturated rings. The van der Waals surface area contributed by atoms with E-state index in [1.54, 1.807) is 6.07 Å². The van der Waals surface area contributed by atoms with Crippen LogP contribution in [-0.4, -0.2) is 16.1 Å². The zero-order chi connectivity index (χ0) is 15.5. The zero-order valence-corrected chi connectivity index (χ0v) is 12.5. The van der Waals surface area contributed by atoms with E-state index >= 15 is 0 Å². The van der Waals surface area contributed by atoms with Gasteiger partial charge in [-0.15, -0.1) is 0 Å². The summed E-state index contributed by atoms with van der Waals surface area (Å²) in [5.41, 5.74) is 0.595. The molecule has 112 valence electrons. The molecule has 3 rings (SSSR count). The van der Waals surface area contributed by atoms with Crippen molar-refractivity contribution >= 4 is 21.9 Å². The van der Waals surface area contributed by atoms with E-state index in [-0.39, 0.29) is 29.9 Å². The molecule has 0 N–H and O–H groups in total. The largest absolute Gasteiger partial charge is 0.450 e. The number of ether oxygens (including phenoxy) is 1. The first kappa shape index (κ1) is 14.5. The van der Waals surface area contributed by atoms with Crippen LogP contribution in [0.25, 0.3) is 11.4 Å². The van der Waals surface area contributed by atoms with Crippen LogP contribution in [0, 0.1) is 5.82 Å². The molecule has 0 bridgehead atoms. The summed E-state index contributed by atoms with van der Waals surface area (Å²) in [6, 6.07) is 8.69. The molecule has 8 heteroatoms. The quantitative estimate of drug-likeness (QED) is 0.656. The average molecular weight is 367 g/mol. The highest BCUT2D eigenvalue weighted by Crippen LogP contribution is 2.18. The Morgan fingerprint density at radius 3 is 2.68 bits per heavy atom. The van der Waals surface area contributed by atoms with Crippen molar-refractivity contribution in [3.8, 4) is 11.4 Å². The minimum absolute atomic E-state index is 0.0603. The van der Waals surface area contributed by atoms with Gasteiger partial charge in [0.2, 0.25) is 11.6 Å². The Bertz CT molecular complexity index is 797. The topological polar surface area (TPSA) is 78.4 Å². The maximum atomic E-state index is 12.8. The van der Waals surface area contributed by atoms with Crippen molar-refractivity contribution in [3.63, 3.8) is 0 Å². The van der Waals surface area contributed by atoms with Gasteiger partial charge in [-0.2, -0.15) is 4.98 Å². The van der Waals surface area contributed by atoms with Crippen LogP contribution < -0.4 is 0 Å². The number of carbonyl (C=O) groups excluding carboxylic acids is 1. The summed E-state index contributed by atoms with van der Waals surface area (Å²) in [5.74, 6) is -0.534. The van der Waals surface area contributed by atoms with Gasteiger partial charge in [0.25, 0.3) is 5.89 Å². The van der Waals surface area contributed by atoms with Crippen molar-refractivity contribution < 1.29 is 22.9 Å². The lowest BCUT2D eigenvalue weighted by atomic mass is 10.2. The molecule has 0 spiro atoms. The maximum Gasteiger partial charge on any atom is 0.374 e. The van der Waals surface area contributed by atoms with Gasteiger partial charge in [0.05, 0.1) is 0 Å². The van der Waals surface area contributed by atoms with Gasteiger partial charge in [0.1, 0.15) is 5.82 Å². The highest BCUT2D eigenvalue weighted by molar-refractivity contribution is 9.10. The van der Waals surface area contributed by atoms with E-state index in [4.69, 9.17) is 13.7 Å². The van der Waals surface area contributed by atoms with Crippen LogP contribution in [0.4, 0.5) is 4.39 Å². The molecular formula is C14H8BrFN2O4. The fraction of sp³-hybridized carbons (Fsp3) is 0.0714. The summed E-state index contributed by atoms with van der Waals surface area (Å²) in [4.78, 5) is 15.7. The molecule has 0 aliphatic carbocycles. The van der Waals surface area contributed by atoms with Crippen molar-refractivity contribution in [2.45, 2.75) is 6.61 Å². The van der Waals surface area contributed by atoms with Gasteiger partial charge in [-0.05, 0) is 52.3 Å². The minimum atomic E-state index is -0.646. The van der Waals surface area contributed by atoms with Crippen LogP contribution in [0.2, 0.25) is 0 Å². The van der Waals surface area contributed by atoms with Crippen LogP contribution in [0.5, 0.6) is 0 Å². The molecule has 0 atom stereocenters. The first-order chi connectivity index (χ1) is 10.6. The lowest BCUT2D eigenvalue weighted by Gasteiger charge is -1.97. The standard InChI is InChI=1S/C14H8BrFN2O4/c15-11-6-5-10(21-11)14(19)20-7-12-17-13(18-22-12)8-1-3-9(16)4-2-8/h1-6H,7H2. The molecule has 0 radical (unpaired) electrons. The molecule has 0 aliphatic heterocycles. The molecule has 2 heterocycles. The molecule has 3 aromatic rings. The van der Waals surface area contributed by atoms with E-state index in [0.717, 1.165) is 0 Å². The smallest absolute Gasteiger partial charge is 0.374 e. The SMILES string of the molecule is O=C(OCc1nc(-c2ccc(F)cc2)no1)c1ccc(Br)o1. The molecule has 0 aliphatic rings. The first-order valence-electron chi connectivity index (χ1n) is 6.13. The fourth-order valence-electron chi connectivity index (χ4n) is 1.65. The van der Waals surface area contributed by atoms with Gasteiger partial charge in [-0.25, -0.2) is 9.18 Å². The number of hydrogen-bond acceptors (Lipinski definition) is 6. The maximum absolute atomic E-state index is 12.8. The van der Waals surface area contributed by atoms with E-state index in [2.05, 4.69) is 26.1 Å². The van der Waals surface area contributed by atoms with Gasteiger partial charge in [0, 0.05) is 5.56 Å². The lowest BCUT2D eigenvalue weighted by molar-refractivity contribution is 0.0392. The summed E-state index contributed by atoms with van der Waals surface area (Å²) in [5, 5.41) is 3.74. The number of halogens is 2. The van der Waals surface area contributed by atoms with E-state index in [9.17, 15) is 9.18 Å². The highest BCUT2D eigenvalue weighted by Gasteiger charge is 2.15. The number of hydrogen-bond donors (Lipinski definition) is 0. The van der Waals surface area contributed by atoms with Gasteiger partial charge in [-0.1, -0.05) is 5.16 Å². The summed E-state index contributed by atoms with van der Waals surface area (Å²) in [6.07, 6.45) is 0. The lowest BCUT2D eigenvalue weighted by Crippen LogP contribution is -2.04. The Balaban J connectivity index is 1.64. The van der Waals surface area contributed by atoms with E-state index in [0.29, 0.717) is 10.2 Å². The van der Waals surface area contributed by atoms with Crippen LogP contribution in [0.3, 0.4) is 0 Å². The predicted octanol–water partition coefficient (Wildman–Crippen LogP) is 3.59. The number of carbonyl (C=O) groups is 1. The number of furan rings is 1. The second-order valence-electron chi connectivity index (χ2n) is 4.20. The number of benzene rings is 1. The Hall–Kier alpha value is -2.48. The molecule has 2 aromatic heterocycles. The van der Waals surface area contributed by atoms with Crippen molar-refractivity contribution in [2.24, 2.45) is 0 Å². The van der Waals surface area contributed by atoms with Crippen LogP contribution >= 0.6 is 15.9 Å². The molecular weight excluding hydrogens is 359 g/mol. The van der Waals surface area contributed by atoms with E-state index in [1.165, 1.54) is 30.3 Å². The van der Waals surface area contributed by atoms with Crippen molar-refractivity contribution in [1.82, 2.24) is 10.1 Å². The Labute approximate surface area is 132 Å². The summed E-state index contributed by atoms with van der Waals surface area (Å²) in [6.45, 7) is -0.189. The van der Waals surface area contributed by atoms with Crippen LogP contribution in [0.1, 0.15) is 16.4 Å². The van der Waals surface area contributed by atoms with Crippen molar-refractivity contribution in [3.05, 3.63) is 58.5 Å². The Kier molecular flexibility index (Phi) is 4.01. The van der Waals surface area contributed by atoms with E-state index in [1.807, 2.05) is 0 Å².